The van der Waals surface area contributed by atoms with Gasteiger partial charge in [0.2, 0.25) is 10.1 Å². The molecular formula is C21H25N5O2S. The summed E-state index contributed by atoms with van der Waals surface area (Å²) in [5, 5.41) is 8.09. The van der Waals surface area contributed by atoms with E-state index in [1.54, 1.807) is 0 Å². The van der Waals surface area contributed by atoms with Gasteiger partial charge in [-0.2, -0.15) is 4.52 Å². The Morgan fingerprint density at radius 1 is 1.10 bits per heavy atom. The van der Waals surface area contributed by atoms with Gasteiger partial charge in [-0.05, 0) is 31.2 Å². The van der Waals surface area contributed by atoms with Crippen molar-refractivity contribution in [2.24, 2.45) is 0 Å². The third-order valence-electron chi connectivity index (χ3n) is 5.17. The average Bonchev–Trinajstić information content (AvgIpc) is 3.00. The summed E-state index contributed by atoms with van der Waals surface area (Å²) >= 11 is 1.40. The first-order valence-electron chi connectivity index (χ1n) is 10.2. The molecule has 1 saturated heterocycles. The highest BCUT2D eigenvalue weighted by molar-refractivity contribution is 7.20. The predicted molar refractivity (Wildman–Crippen MR) is 115 cm³/mol. The molecule has 4 rings (SSSR count). The normalized spacial score (nSPS) is 14.7. The number of amides is 1. The molecule has 0 unspecified atom stereocenters. The van der Waals surface area contributed by atoms with Crippen LogP contribution in [0.25, 0.3) is 4.96 Å². The maximum atomic E-state index is 12.8. The third-order valence-corrected chi connectivity index (χ3v) is 6.15. The number of aryl methyl sites for hydroxylation is 1. The van der Waals surface area contributed by atoms with E-state index in [4.69, 9.17) is 0 Å². The number of rotatable bonds is 6. The van der Waals surface area contributed by atoms with E-state index in [-0.39, 0.29) is 5.56 Å². The van der Waals surface area contributed by atoms with Gasteiger partial charge < -0.3 is 10.2 Å². The summed E-state index contributed by atoms with van der Waals surface area (Å²) in [5.74, 6) is -0.394. The molecule has 1 aliphatic heterocycles. The van der Waals surface area contributed by atoms with Gasteiger partial charge in [-0.15, -0.1) is 5.10 Å². The number of fused-ring (bicyclic) bond motifs is 1. The fourth-order valence-electron chi connectivity index (χ4n) is 3.56. The van der Waals surface area contributed by atoms with Crippen molar-refractivity contribution in [3.05, 3.63) is 58.0 Å². The van der Waals surface area contributed by atoms with E-state index >= 15 is 0 Å². The zero-order valence-corrected chi connectivity index (χ0v) is 17.2. The second-order valence-corrected chi connectivity index (χ2v) is 8.24. The van der Waals surface area contributed by atoms with Gasteiger partial charge in [-0.25, -0.2) is 4.98 Å². The lowest BCUT2D eigenvalue weighted by Gasteiger charge is -2.17. The van der Waals surface area contributed by atoms with Crippen LogP contribution in [0.2, 0.25) is 0 Å². The Labute approximate surface area is 173 Å². The van der Waals surface area contributed by atoms with Gasteiger partial charge in [-0.3, -0.25) is 9.59 Å². The van der Waals surface area contributed by atoms with E-state index in [0.29, 0.717) is 11.5 Å². The second kappa shape index (κ2) is 9.17. The highest BCUT2D eigenvalue weighted by atomic mass is 32.1. The number of nitrogens with one attached hydrogen (secondary N) is 1. The fraction of sp³-hybridized carbons (Fsp3) is 0.429. The number of carbonyl (C=O) groups is 1. The van der Waals surface area contributed by atoms with Crippen LogP contribution in [0.1, 0.15) is 48.0 Å². The molecule has 1 amide bonds. The van der Waals surface area contributed by atoms with Gasteiger partial charge >= 0.3 is 0 Å². The van der Waals surface area contributed by atoms with Gasteiger partial charge in [0.25, 0.3) is 11.5 Å². The average molecular weight is 412 g/mol. The van der Waals surface area contributed by atoms with Crippen molar-refractivity contribution in [3.8, 4) is 0 Å². The molecule has 0 radical (unpaired) electrons. The van der Waals surface area contributed by atoms with Crippen LogP contribution in [-0.4, -0.2) is 40.1 Å². The van der Waals surface area contributed by atoms with Crippen LogP contribution in [0.15, 0.2) is 41.3 Å². The molecular weight excluding hydrogens is 386 g/mol. The first kappa shape index (κ1) is 19.6. The van der Waals surface area contributed by atoms with E-state index in [1.165, 1.54) is 40.5 Å². The first-order chi connectivity index (χ1) is 14.2. The molecule has 0 atom stereocenters. The number of anilines is 1. The molecule has 2 aromatic heterocycles. The van der Waals surface area contributed by atoms with Crippen LogP contribution in [-0.2, 0) is 6.42 Å². The molecule has 3 heterocycles. The largest absolute Gasteiger partial charge is 0.352 e. The number of carbonyl (C=O) groups excluding carboxylic acids is 1. The van der Waals surface area contributed by atoms with Crippen molar-refractivity contribution in [3.63, 3.8) is 0 Å². The Morgan fingerprint density at radius 2 is 1.86 bits per heavy atom. The zero-order chi connectivity index (χ0) is 20.1. The van der Waals surface area contributed by atoms with Crippen LogP contribution in [0, 0.1) is 0 Å². The Balaban J connectivity index is 1.42. The molecule has 29 heavy (non-hydrogen) atoms. The van der Waals surface area contributed by atoms with Crippen molar-refractivity contribution >= 4 is 27.3 Å². The number of hydrogen-bond donors (Lipinski definition) is 1. The quantitative estimate of drug-likeness (QED) is 0.631. The van der Waals surface area contributed by atoms with E-state index in [2.05, 4.69) is 32.4 Å². The highest BCUT2D eigenvalue weighted by Crippen LogP contribution is 2.24. The van der Waals surface area contributed by atoms with Crippen LogP contribution in [0.3, 0.4) is 0 Å². The molecule has 8 heteroatoms. The molecule has 3 aromatic rings. The van der Waals surface area contributed by atoms with Crippen molar-refractivity contribution < 1.29 is 4.79 Å². The topological polar surface area (TPSA) is 79.6 Å². The summed E-state index contributed by atoms with van der Waals surface area (Å²) in [7, 11) is 0. The van der Waals surface area contributed by atoms with Crippen molar-refractivity contribution in [2.45, 2.75) is 38.5 Å². The van der Waals surface area contributed by atoms with Gasteiger partial charge in [0.05, 0.1) is 0 Å². The van der Waals surface area contributed by atoms with Crippen LogP contribution < -0.4 is 15.8 Å². The van der Waals surface area contributed by atoms with Gasteiger partial charge in [0, 0.05) is 25.8 Å². The fourth-order valence-corrected chi connectivity index (χ4v) is 4.47. The van der Waals surface area contributed by atoms with E-state index in [0.717, 1.165) is 43.9 Å². The van der Waals surface area contributed by atoms with E-state index < -0.39 is 11.5 Å². The summed E-state index contributed by atoms with van der Waals surface area (Å²) < 4.78 is 1.27. The van der Waals surface area contributed by atoms with Crippen molar-refractivity contribution in [2.75, 3.05) is 24.5 Å². The molecule has 1 aliphatic rings. The molecule has 1 N–H and O–H groups in total. The number of aromatic nitrogens is 3. The molecule has 1 fully saturated rings. The van der Waals surface area contributed by atoms with Crippen molar-refractivity contribution in [1.29, 1.82) is 0 Å². The second-order valence-electron chi connectivity index (χ2n) is 7.30. The minimum absolute atomic E-state index is 0.0370. The zero-order valence-electron chi connectivity index (χ0n) is 16.3. The summed E-state index contributed by atoms with van der Waals surface area (Å²) in [5.41, 5.74) is 0.858. The van der Waals surface area contributed by atoms with Crippen LogP contribution in [0.4, 0.5) is 5.13 Å². The smallest absolute Gasteiger partial charge is 0.288 e. The third kappa shape index (κ3) is 4.64. The summed E-state index contributed by atoms with van der Waals surface area (Å²) in [6, 6.07) is 10.1. The van der Waals surface area contributed by atoms with Crippen LogP contribution in [0.5, 0.6) is 0 Å². The molecule has 7 nitrogen and oxygen atoms in total. The molecule has 0 aliphatic carbocycles. The first-order valence-corrected chi connectivity index (χ1v) is 11.0. The lowest BCUT2D eigenvalue weighted by atomic mass is 10.1. The van der Waals surface area contributed by atoms with Gasteiger partial charge in [0.15, 0.2) is 0 Å². The Morgan fingerprint density at radius 3 is 2.62 bits per heavy atom. The van der Waals surface area contributed by atoms with Crippen LogP contribution >= 0.6 is 11.3 Å². The minimum Gasteiger partial charge on any atom is -0.352 e. The maximum Gasteiger partial charge on any atom is 0.288 e. The monoisotopic (exact) mass is 411 g/mol. The van der Waals surface area contributed by atoms with Gasteiger partial charge in [-0.1, -0.05) is 54.5 Å². The highest BCUT2D eigenvalue weighted by Gasteiger charge is 2.19. The van der Waals surface area contributed by atoms with E-state index in [1.807, 2.05) is 18.2 Å². The maximum absolute atomic E-state index is 12.8. The summed E-state index contributed by atoms with van der Waals surface area (Å²) in [6.45, 7) is 2.40. The Kier molecular flexibility index (Phi) is 6.19. The molecule has 0 spiro atoms. The molecule has 152 valence electrons. The summed E-state index contributed by atoms with van der Waals surface area (Å²) in [4.78, 5) is 32.3. The lowest BCUT2D eigenvalue weighted by Crippen LogP contribution is -2.32. The SMILES string of the molecule is O=C(NCCCc1ccccc1)c1cnc2sc(N3CCCCCC3)nn2c1=O. The summed E-state index contributed by atoms with van der Waals surface area (Å²) in [6.07, 6.45) is 7.78. The lowest BCUT2D eigenvalue weighted by molar-refractivity contribution is 0.0951. The predicted octanol–water partition coefficient (Wildman–Crippen LogP) is 2.89. The molecule has 0 saturated carbocycles. The number of benzene rings is 1. The standard InChI is InChI=1S/C21H25N5O2S/c27-18(22-12-8-11-16-9-4-3-5-10-16)17-15-23-20-26(19(17)28)24-21(29-20)25-13-6-1-2-7-14-25/h3-5,9-10,15H,1-2,6-8,11-14H2,(H,22,27). The minimum atomic E-state index is -0.409. The number of nitrogens with zero attached hydrogens (tertiary/aromatic N) is 4. The molecule has 1 aromatic carbocycles. The number of hydrogen-bond acceptors (Lipinski definition) is 6. The van der Waals surface area contributed by atoms with Crippen molar-refractivity contribution in [1.82, 2.24) is 19.9 Å². The Hall–Kier alpha value is -2.74. The Bertz CT molecular complexity index is 1020. The van der Waals surface area contributed by atoms with Gasteiger partial charge in [0.1, 0.15) is 5.56 Å². The van der Waals surface area contributed by atoms with E-state index in [9.17, 15) is 9.59 Å². The molecule has 0 bridgehead atoms.